The molecule has 1 aromatic heterocycles. The third kappa shape index (κ3) is 9.99. The van der Waals surface area contributed by atoms with Gasteiger partial charge in [0.05, 0.1) is 17.8 Å². The number of nitrogens with two attached hydrogens (primary N) is 1. The maximum Gasteiger partial charge on any atom is 0.316 e. The van der Waals surface area contributed by atoms with Gasteiger partial charge in [-0.2, -0.15) is 0 Å². The van der Waals surface area contributed by atoms with Gasteiger partial charge in [-0.25, -0.2) is 0 Å². The number of aromatic nitrogens is 3. The van der Waals surface area contributed by atoms with Crippen LogP contribution >= 0.6 is 0 Å². The van der Waals surface area contributed by atoms with Crippen LogP contribution in [0.3, 0.4) is 0 Å². The molecule has 0 aliphatic carbocycles. The molecule has 0 unspecified atom stereocenters. The number of hydrogen-bond acceptors (Lipinski definition) is 10. The summed E-state index contributed by atoms with van der Waals surface area (Å²) in [5.41, 5.74) is 6.58. The van der Waals surface area contributed by atoms with E-state index in [1.165, 1.54) is 0 Å². The number of nitrogens with zero attached hydrogens (tertiary/aromatic N) is 3. The van der Waals surface area contributed by atoms with E-state index in [0.29, 0.717) is 44.6 Å². The van der Waals surface area contributed by atoms with Crippen molar-refractivity contribution in [3.63, 3.8) is 0 Å². The molecule has 1 aliphatic rings. The molecule has 4 N–H and O–H groups in total. The maximum atomic E-state index is 13.7. The molecule has 0 saturated carbocycles. The van der Waals surface area contributed by atoms with Crippen molar-refractivity contribution in [2.45, 2.75) is 115 Å². The summed E-state index contributed by atoms with van der Waals surface area (Å²) in [6.45, 7) is 17.6. The van der Waals surface area contributed by atoms with Gasteiger partial charge >= 0.3 is 5.97 Å². The zero-order chi connectivity index (χ0) is 37.1. The third-order valence-corrected chi connectivity index (χ3v) is 10.8. The number of esters is 1. The van der Waals surface area contributed by atoms with Crippen molar-refractivity contribution in [1.29, 1.82) is 0 Å². The fourth-order valence-electron chi connectivity index (χ4n) is 7.32. The highest BCUT2D eigenvalue weighted by atomic mass is 16.6. The van der Waals surface area contributed by atoms with Gasteiger partial charge in [0.2, 0.25) is 0 Å². The van der Waals surface area contributed by atoms with E-state index in [1.807, 2.05) is 76.8 Å². The van der Waals surface area contributed by atoms with Crippen molar-refractivity contribution in [2.24, 2.45) is 17.8 Å². The number of aryl methyl sites for hydroxylation is 1. The van der Waals surface area contributed by atoms with Crippen molar-refractivity contribution in [3.05, 3.63) is 43.1 Å². The van der Waals surface area contributed by atoms with Gasteiger partial charge < -0.3 is 30.6 Å². The summed E-state index contributed by atoms with van der Waals surface area (Å²) in [7, 11) is 3.72. The topological polar surface area (TPSA) is 143 Å². The minimum Gasteiger partial charge on any atom is -0.457 e. The van der Waals surface area contributed by atoms with Crippen LogP contribution in [-0.4, -0.2) is 84.2 Å². The number of unbranched alkanes of at least 4 members (excludes halogenated alkanes) is 1. The van der Waals surface area contributed by atoms with Gasteiger partial charge in [0.1, 0.15) is 37.5 Å². The van der Waals surface area contributed by atoms with Crippen LogP contribution in [0.2, 0.25) is 5.82 Å². The van der Waals surface area contributed by atoms with Crippen LogP contribution in [0.15, 0.2) is 43.1 Å². The number of hydrogen-bond donors (Lipinski definition) is 3. The number of Topliss-reactive ketones (excluding diaryl/α,β-unsaturated/α-hetero) is 1. The van der Waals surface area contributed by atoms with Gasteiger partial charge in [-0.15, -0.1) is 11.7 Å². The van der Waals surface area contributed by atoms with Crippen LogP contribution in [0.25, 0.3) is 11.3 Å². The Balaban J connectivity index is 1.89. The minimum absolute atomic E-state index is 0.139. The minimum atomic E-state index is -1.15. The lowest BCUT2D eigenvalue weighted by Crippen LogP contribution is -2.65. The SMILES string of the molecule is B[C@@H]1[C@@H](C)C(=O)[C@@H](C)C(=O)O[C@H](CC)[C@@](C)(OC#C)[C@H](NCCCCn2cc(-c3cccc(N)c3)nn2)[C@@H](CC=C)NC[C@H](C)C[C@@]1(C)OC. The second-order valence-corrected chi connectivity index (χ2v) is 14.4. The van der Waals surface area contributed by atoms with Gasteiger partial charge in [0.15, 0.2) is 5.60 Å². The number of nitrogen functional groups attached to an aromatic ring is 1. The summed E-state index contributed by atoms with van der Waals surface area (Å²) in [5.74, 6) is -2.10. The fourth-order valence-corrected chi connectivity index (χ4v) is 7.32. The molecule has 0 spiro atoms. The Morgan fingerprint density at radius 2 is 2.02 bits per heavy atom. The average Bonchev–Trinajstić information content (AvgIpc) is 3.58. The van der Waals surface area contributed by atoms with Crippen LogP contribution in [0.5, 0.6) is 0 Å². The van der Waals surface area contributed by atoms with E-state index >= 15 is 0 Å². The first-order chi connectivity index (χ1) is 23.7. The smallest absolute Gasteiger partial charge is 0.316 e. The molecule has 11 nitrogen and oxygen atoms in total. The molecule has 274 valence electrons. The number of carbonyl (C=O) groups is 2. The van der Waals surface area contributed by atoms with E-state index in [4.69, 9.17) is 26.4 Å². The monoisotopic (exact) mass is 690 g/mol. The highest BCUT2D eigenvalue weighted by Crippen LogP contribution is 2.38. The summed E-state index contributed by atoms with van der Waals surface area (Å²) in [6, 6.07) is 7.01. The lowest BCUT2D eigenvalue weighted by molar-refractivity contribution is -0.174. The standard InChI is InChI=1S/C38H59BN6O5/c1-10-16-30-35(41-19-13-14-20-45-24-31(43-44-45)28-17-15-18-29(40)21-28)38(8,49-12-3)32(11-2)50-36(47)27(6)33(46)26(5)34(39)37(7,48-9)22-25(4)23-42-30/h3,10,15,17-18,21,24-27,30,32,34-35,41-42H,1,11,13-14,16,19-20,22-23,39-40H2,2,4-9H3/t25-,26+,27-,30-,32-,34-,35-,37-,38-/m1/s1. The Hall–Kier alpha value is -3.66. The largest absolute Gasteiger partial charge is 0.457 e. The number of terminal acetylenes is 1. The number of ketones is 1. The summed E-state index contributed by atoms with van der Waals surface area (Å²) in [6.07, 6.45) is 14.7. The van der Waals surface area contributed by atoms with Crippen LogP contribution in [0.4, 0.5) is 5.69 Å². The van der Waals surface area contributed by atoms with Gasteiger partial charge in [-0.3, -0.25) is 14.3 Å². The first-order valence-corrected chi connectivity index (χ1v) is 18.0. The Labute approximate surface area is 300 Å². The molecule has 1 aliphatic heterocycles. The Morgan fingerprint density at radius 1 is 1.28 bits per heavy atom. The van der Waals surface area contributed by atoms with E-state index in [0.717, 1.165) is 24.1 Å². The average molecular weight is 691 g/mol. The van der Waals surface area contributed by atoms with Gasteiger partial charge in [-0.05, 0) is 89.8 Å². The predicted molar refractivity (Wildman–Crippen MR) is 201 cm³/mol. The molecule has 12 heteroatoms. The quantitative estimate of drug-likeness (QED) is 0.0565. The van der Waals surface area contributed by atoms with Gasteiger partial charge in [0, 0.05) is 36.9 Å². The number of carbonyl (C=O) groups excluding carboxylic acids is 2. The fraction of sp³-hybridized carbons (Fsp3) is 0.632. The number of ether oxygens (including phenoxy) is 3. The summed E-state index contributed by atoms with van der Waals surface area (Å²) in [4.78, 5) is 27.4. The van der Waals surface area contributed by atoms with E-state index < -0.39 is 41.2 Å². The van der Waals surface area contributed by atoms with E-state index in [2.05, 4.69) is 40.6 Å². The van der Waals surface area contributed by atoms with E-state index in [-0.39, 0.29) is 23.6 Å². The molecule has 2 aromatic rings. The first-order valence-electron chi connectivity index (χ1n) is 18.0. The highest BCUT2D eigenvalue weighted by molar-refractivity contribution is 6.15. The molecule has 0 bridgehead atoms. The van der Waals surface area contributed by atoms with Crippen LogP contribution in [0, 0.1) is 30.3 Å². The zero-order valence-electron chi connectivity index (χ0n) is 31.4. The van der Waals surface area contributed by atoms with E-state index in [1.54, 1.807) is 14.0 Å². The van der Waals surface area contributed by atoms with Crippen molar-refractivity contribution >= 4 is 25.3 Å². The number of rotatable bonds is 12. The number of nitrogens with one attached hydrogen (secondary N) is 2. The molecule has 9 atom stereocenters. The molecule has 1 aromatic carbocycles. The van der Waals surface area contributed by atoms with Gasteiger partial charge in [-0.1, -0.05) is 50.6 Å². The molecular weight excluding hydrogens is 631 g/mol. The summed E-state index contributed by atoms with van der Waals surface area (Å²) >= 11 is 0. The van der Waals surface area contributed by atoms with Crippen molar-refractivity contribution in [1.82, 2.24) is 25.6 Å². The normalized spacial score (nSPS) is 31.5. The lowest BCUT2D eigenvalue weighted by atomic mass is 9.62. The van der Waals surface area contributed by atoms with E-state index in [9.17, 15) is 9.59 Å². The third-order valence-electron chi connectivity index (χ3n) is 10.8. The summed E-state index contributed by atoms with van der Waals surface area (Å²) in [5, 5.41) is 16.1. The highest BCUT2D eigenvalue weighted by Gasteiger charge is 2.50. The molecule has 1 fully saturated rings. The molecular formula is C38H59BN6O5. The number of cyclic esters (lactones) is 1. The molecule has 3 rings (SSSR count). The Bertz CT molecular complexity index is 1460. The van der Waals surface area contributed by atoms with Crippen LogP contribution in [0.1, 0.15) is 73.6 Å². The van der Waals surface area contributed by atoms with Crippen LogP contribution in [-0.2, 0) is 30.3 Å². The molecule has 1 saturated heterocycles. The zero-order valence-corrected chi connectivity index (χ0v) is 31.4. The van der Waals surface area contributed by atoms with Crippen molar-refractivity contribution in [3.8, 4) is 23.8 Å². The molecule has 0 amide bonds. The Kier molecular flexibility index (Phi) is 15.1. The number of benzene rings is 1. The Morgan fingerprint density at radius 3 is 2.66 bits per heavy atom. The van der Waals surface area contributed by atoms with Gasteiger partial charge in [0.25, 0.3) is 0 Å². The second kappa shape index (κ2) is 18.5. The predicted octanol–water partition coefficient (Wildman–Crippen LogP) is 4.20. The molecule has 2 heterocycles. The van der Waals surface area contributed by atoms with Crippen LogP contribution < -0.4 is 16.4 Å². The van der Waals surface area contributed by atoms with Crippen molar-refractivity contribution < 1.29 is 23.8 Å². The molecule has 50 heavy (non-hydrogen) atoms. The first kappa shape index (κ1) is 40.8. The van der Waals surface area contributed by atoms with Crippen molar-refractivity contribution in [2.75, 3.05) is 25.9 Å². The maximum absolute atomic E-state index is 13.7. The molecule has 0 radical (unpaired) electrons. The number of methoxy groups -OCH3 is 1. The second-order valence-electron chi connectivity index (χ2n) is 14.4. The summed E-state index contributed by atoms with van der Waals surface area (Å²) < 4.78 is 20.2. The number of anilines is 1. The lowest BCUT2D eigenvalue weighted by Gasteiger charge is -2.45.